The number of hydrogen-bond donors (Lipinski definition) is 1. The Labute approximate surface area is 187 Å². The summed E-state index contributed by atoms with van der Waals surface area (Å²) in [7, 11) is 3.30. The Morgan fingerprint density at radius 1 is 1.14 bits per heavy atom. The average molecular weight is 530 g/mol. The lowest BCUT2D eigenvalue weighted by Gasteiger charge is -2.39. The van der Waals surface area contributed by atoms with E-state index < -0.39 is 12.2 Å². The first-order valence-corrected chi connectivity index (χ1v) is 9.38. The summed E-state index contributed by atoms with van der Waals surface area (Å²) >= 11 is 0. The van der Waals surface area contributed by atoms with Gasteiger partial charge in [-0.05, 0) is 37.6 Å². The van der Waals surface area contributed by atoms with Crippen molar-refractivity contribution in [2.75, 3.05) is 53.5 Å². The quantitative estimate of drug-likeness (QED) is 0.254. The number of guanidine groups is 1. The Morgan fingerprint density at radius 3 is 2.24 bits per heavy atom. The minimum absolute atomic E-state index is 0. The van der Waals surface area contributed by atoms with Crippen molar-refractivity contribution in [2.45, 2.75) is 25.6 Å². The largest absolute Gasteiger partial charge is 0.497 e. The highest BCUT2D eigenvalue weighted by Crippen LogP contribution is 2.25. The van der Waals surface area contributed by atoms with Crippen LogP contribution in [0.1, 0.15) is 13.3 Å². The normalized spacial score (nSPS) is 16.8. The maximum absolute atomic E-state index is 12.8. The van der Waals surface area contributed by atoms with Crippen LogP contribution in [0.3, 0.4) is 0 Å². The molecule has 1 N–H and O–H groups in total. The van der Waals surface area contributed by atoms with Crippen LogP contribution in [0.5, 0.6) is 11.5 Å². The zero-order valence-electron chi connectivity index (χ0n) is 17.0. The van der Waals surface area contributed by atoms with Gasteiger partial charge < -0.3 is 19.7 Å². The molecule has 0 spiro atoms. The van der Waals surface area contributed by atoms with Gasteiger partial charge in [0.2, 0.25) is 0 Å². The Morgan fingerprint density at radius 2 is 1.72 bits per heavy atom. The van der Waals surface area contributed by atoms with Crippen molar-refractivity contribution >= 4 is 29.9 Å². The molecule has 1 heterocycles. The number of nitrogens with zero attached hydrogens (tertiary/aromatic N) is 3. The lowest BCUT2D eigenvalue weighted by molar-refractivity contribution is -0.181. The van der Waals surface area contributed by atoms with E-state index in [9.17, 15) is 13.2 Å². The molecule has 166 valence electrons. The van der Waals surface area contributed by atoms with E-state index in [1.54, 1.807) is 14.2 Å². The standard InChI is InChI=1S/C19H29F3N4O2.HI/c1-15(19(20,21)22)25-10-12-26(13-11-25)18(23-2)24-9-4-14-28-17-7-5-16(27-3)6-8-17;/h5-8,15H,4,9-14H2,1-3H3,(H,23,24);1H. The van der Waals surface area contributed by atoms with Gasteiger partial charge in [-0.2, -0.15) is 13.2 Å². The highest BCUT2D eigenvalue weighted by atomic mass is 127. The molecule has 0 bridgehead atoms. The van der Waals surface area contributed by atoms with Crippen molar-refractivity contribution in [3.63, 3.8) is 0 Å². The molecule has 1 saturated heterocycles. The first-order valence-electron chi connectivity index (χ1n) is 9.38. The highest BCUT2D eigenvalue weighted by molar-refractivity contribution is 14.0. The minimum Gasteiger partial charge on any atom is -0.497 e. The number of halogens is 4. The first kappa shape index (κ1) is 25.6. The SMILES string of the molecule is CN=C(NCCCOc1ccc(OC)cc1)N1CCN(C(C)C(F)(F)F)CC1.I. The fourth-order valence-corrected chi connectivity index (χ4v) is 2.99. The lowest BCUT2D eigenvalue weighted by atomic mass is 10.2. The highest BCUT2D eigenvalue weighted by Gasteiger charge is 2.41. The number of aliphatic imine (C=N–C) groups is 1. The van der Waals surface area contributed by atoms with Gasteiger partial charge >= 0.3 is 6.18 Å². The van der Waals surface area contributed by atoms with Gasteiger partial charge in [-0.1, -0.05) is 0 Å². The molecule has 1 aliphatic heterocycles. The summed E-state index contributed by atoms with van der Waals surface area (Å²) in [6.07, 6.45) is -3.41. The van der Waals surface area contributed by atoms with E-state index in [0.29, 0.717) is 45.3 Å². The van der Waals surface area contributed by atoms with E-state index in [4.69, 9.17) is 9.47 Å². The fraction of sp³-hybridized carbons (Fsp3) is 0.632. The number of benzene rings is 1. The third-order valence-electron chi connectivity index (χ3n) is 4.78. The van der Waals surface area contributed by atoms with Gasteiger partial charge in [0.15, 0.2) is 5.96 Å². The maximum atomic E-state index is 12.8. The van der Waals surface area contributed by atoms with Crippen molar-refractivity contribution in [3.05, 3.63) is 24.3 Å². The van der Waals surface area contributed by atoms with E-state index >= 15 is 0 Å². The van der Waals surface area contributed by atoms with E-state index in [0.717, 1.165) is 17.9 Å². The molecule has 1 aliphatic rings. The van der Waals surface area contributed by atoms with Crippen LogP contribution in [0.15, 0.2) is 29.3 Å². The Kier molecular flexibility index (Phi) is 10.9. The fourth-order valence-electron chi connectivity index (χ4n) is 2.99. The van der Waals surface area contributed by atoms with Crippen molar-refractivity contribution in [1.29, 1.82) is 0 Å². The smallest absolute Gasteiger partial charge is 0.403 e. The Bertz CT molecular complexity index is 621. The summed E-state index contributed by atoms with van der Waals surface area (Å²) < 4.78 is 49.3. The molecule has 6 nitrogen and oxygen atoms in total. The van der Waals surface area contributed by atoms with Gasteiger partial charge in [0.25, 0.3) is 0 Å². The van der Waals surface area contributed by atoms with Crippen LogP contribution in [0.2, 0.25) is 0 Å². The van der Waals surface area contributed by atoms with E-state index in [1.165, 1.54) is 11.8 Å². The van der Waals surface area contributed by atoms with E-state index in [-0.39, 0.29) is 24.0 Å². The second-order valence-electron chi connectivity index (χ2n) is 6.59. The van der Waals surface area contributed by atoms with Crippen LogP contribution in [-0.2, 0) is 0 Å². The number of hydrogen-bond acceptors (Lipinski definition) is 4. The number of piperazine rings is 1. The molecule has 29 heavy (non-hydrogen) atoms. The number of ether oxygens (including phenoxy) is 2. The predicted molar refractivity (Wildman–Crippen MR) is 119 cm³/mol. The number of nitrogens with one attached hydrogen (secondary N) is 1. The van der Waals surface area contributed by atoms with Gasteiger partial charge in [-0.3, -0.25) is 9.89 Å². The first-order chi connectivity index (χ1) is 13.3. The van der Waals surface area contributed by atoms with Crippen LogP contribution >= 0.6 is 24.0 Å². The molecule has 1 atom stereocenters. The summed E-state index contributed by atoms with van der Waals surface area (Å²) in [6.45, 7) is 4.19. The number of alkyl halides is 3. The van der Waals surface area contributed by atoms with Crippen molar-refractivity contribution in [3.8, 4) is 11.5 Å². The zero-order valence-corrected chi connectivity index (χ0v) is 19.4. The lowest BCUT2D eigenvalue weighted by Crippen LogP contribution is -2.56. The second-order valence-corrected chi connectivity index (χ2v) is 6.59. The maximum Gasteiger partial charge on any atom is 0.403 e. The van der Waals surface area contributed by atoms with E-state index in [2.05, 4.69) is 10.3 Å². The topological polar surface area (TPSA) is 49.3 Å². The van der Waals surface area contributed by atoms with Crippen LogP contribution < -0.4 is 14.8 Å². The van der Waals surface area contributed by atoms with E-state index in [1.807, 2.05) is 29.2 Å². The van der Waals surface area contributed by atoms with Gasteiger partial charge in [-0.25, -0.2) is 0 Å². The molecule has 0 radical (unpaired) electrons. The molecule has 0 aliphatic carbocycles. The van der Waals surface area contributed by atoms with Crippen molar-refractivity contribution < 1.29 is 22.6 Å². The Hall–Kier alpha value is -1.43. The van der Waals surface area contributed by atoms with Gasteiger partial charge in [0.1, 0.15) is 17.5 Å². The van der Waals surface area contributed by atoms with Gasteiger partial charge in [0, 0.05) is 39.8 Å². The van der Waals surface area contributed by atoms with Crippen molar-refractivity contribution in [1.82, 2.24) is 15.1 Å². The van der Waals surface area contributed by atoms with Crippen LogP contribution in [-0.4, -0.2) is 81.5 Å². The molecule has 1 fully saturated rings. The third kappa shape index (κ3) is 8.07. The van der Waals surface area contributed by atoms with Crippen LogP contribution in [0, 0.1) is 0 Å². The average Bonchev–Trinajstić information content (AvgIpc) is 2.70. The van der Waals surface area contributed by atoms with Crippen LogP contribution in [0.4, 0.5) is 13.2 Å². The summed E-state index contributed by atoms with van der Waals surface area (Å²) in [5.41, 5.74) is 0. The number of methoxy groups -OCH3 is 1. The summed E-state index contributed by atoms with van der Waals surface area (Å²) in [4.78, 5) is 7.70. The molecule has 1 unspecified atom stereocenters. The molecule has 1 aromatic carbocycles. The zero-order chi connectivity index (χ0) is 20.6. The molecule has 0 amide bonds. The predicted octanol–water partition coefficient (Wildman–Crippen LogP) is 3.23. The minimum atomic E-state index is -4.19. The summed E-state index contributed by atoms with van der Waals surface area (Å²) in [5, 5.41) is 3.25. The molecule has 0 saturated carbocycles. The molecule has 0 aromatic heterocycles. The van der Waals surface area contributed by atoms with Crippen LogP contribution in [0.25, 0.3) is 0 Å². The second kappa shape index (κ2) is 12.3. The summed E-state index contributed by atoms with van der Waals surface area (Å²) in [6, 6.07) is 5.97. The molecule has 2 rings (SSSR count). The monoisotopic (exact) mass is 530 g/mol. The molecular weight excluding hydrogens is 500 g/mol. The molecular formula is C19H30F3IN4O2. The Balaban J connectivity index is 0.00000420. The van der Waals surface area contributed by atoms with Crippen molar-refractivity contribution in [2.24, 2.45) is 4.99 Å². The van der Waals surface area contributed by atoms with Gasteiger partial charge in [-0.15, -0.1) is 24.0 Å². The van der Waals surface area contributed by atoms with Gasteiger partial charge in [0.05, 0.1) is 13.7 Å². The molecule has 10 heteroatoms. The number of rotatable bonds is 7. The summed E-state index contributed by atoms with van der Waals surface area (Å²) in [5.74, 6) is 2.27. The molecule has 1 aromatic rings. The third-order valence-corrected chi connectivity index (χ3v) is 4.78.